The number of benzene rings is 1. The standard InChI is InChI=1S/C19H16N2O7S/c1-10-4-5-12(8-14(10)21(25)26)15-7-6-13(28-15)9-16-17(22)20(19(24)29-16)11(2)18(23)27-3/h4-9,11H,1-3H3/b16-9+. The lowest BCUT2D eigenvalue weighted by molar-refractivity contribution is -0.385. The highest BCUT2D eigenvalue weighted by molar-refractivity contribution is 8.18. The number of thioether (sulfide) groups is 1. The lowest BCUT2D eigenvalue weighted by atomic mass is 10.1. The molecule has 0 radical (unpaired) electrons. The van der Waals surface area contributed by atoms with Crippen LogP contribution in [0.25, 0.3) is 17.4 Å². The minimum absolute atomic E-state index is 0.0293. The second-order valence-corrected chi connectivity index (χ2v) is 7.20. The summed E-state index contributed by atoms with van der Waals surface area (Å²) in [4.78, 5) is 47.9. The molecule has 0 spiro atoms. The molecule has 1 aliphatic heterocycles. The summed E-state index contributed by atoms with van der Waals surface area (Å²) in [6.45, 7) is 3.04. The summed E-state index contributed by atoms with van der Waals surface area (Å²) < 4.78 is 10.2. The first-order valence-corrected chi connectivity index (χ1v) is 9.24. The predicted molar refractivity (Wildman–Crippen MR) is 105 cm³/mol. The van der Waals surface area contributed by atoms with Crippen molar-refractivity contribution in [3.8, 4) is 11.3 Å². The topological polar surface area (TPSA) is 120 Å². The lowest BCUT2D eigenvalue weighted by Gasteiger charge is -2.18. The van der Waals surface area contributed by atoms with Crippen LogP contribution in [0.15, 0.2) is 39.7 Å². The van der Waals surface area contributed by atoms with Crippen molar-refractivity contribution in [1.29, 1.82) is 0 Å². The third-order valence-corrected chi connectivity index (χ3v) is 5.23. The van der Waals surface area contributed by atoms with Crippen LogP contribution in [0, 0.1) is 17.0 Å². The minimum atomic E-state index is -1.04. The molecular formula is C19H16N2O7S. The van der Waals surface area contributed by atoms with Gasteiger partial charge in [0.05, 0.1) is 16.9 Å². The number of furan rings is 1. The van der Waals surface area contributed by atoms with Crippen LogP contribution in [-0.2, 0) is 14.3 Å². The van der Waals surface area contributed by atoms with Gasteiger partial charge in [-0.15, -0.1) is 0 Å². The van der Waals surface area contributed by atoms with Crippen molar-refractivity contribution in [3.05, 3.63) is 56.7 Å². The molecule has 29 heavy (non-hydrogen) atoms. The van der Waals surface area contributed by atoms with Crippen molar-refractivity contribution in [2.75, 3.05) is 7.11 Å². The van der Waals surface area contributed by atoms with Gasteiger partial charge in [-0.2, -0.15) is 0 Å². The van der Waals surface area contributed by atoms with E-state index < -0.39 is 28.1 Å². The van der Waals surface area contributed by atoms with Crippen molar-refractivity contribution < 1.29 is 28.5 Å². The molecule has 3 rings (SSSR count). The Morgan fingerprint density at radius 2 is 2.03 bits per heavy atom. The molecule has 9 nitrogen and oxygen atoms in total. The van der Waals surface area contributed by atoms with Crippen molar-refractivity contribution in [2.45, 2.75) is 19.9 Å². The van der Waals surface area contributed by atoms with Crippen LogP contribution >= 0.6 is 11.8 Å². The molecule has 0 N–H and O–H groups in total. The molecule has 1 saturated heterocycles. The lowest BCUT2D eigenvalue weighted by Crippen LogP contribution is -2.42. The molecule has 0 aliphatic carbocycles. The number of carbonyl (C=O) groups is 3. The number of nitrogens with zero attached hydrogens (tertiary/aromatic N) is 2. The molecule has 2 heterocycles. The quantitative estimate of drug-likeness (QED) is 0.313. The Kier molecular flexibility index (Phi) is 5.55. The first-order chi connectivity index (χ1) is 13.7. The molecule has 150 valence electrons. The fourth-order valence-corrected chi connectivity index (χ4v) is 3.65. The number of methoxy groups -OCH3 is 1. The van der Waals surface area contributed by atoms with Gasteiger partial charge in [-0.1, -0.05) is 12.1 Å². The molecule has 10 heteroatoms. The number of esters is 1. The van der Waals surface area contributed by atoms with E-state index in [4.69, 9.17) is 4.42 Å². The second kappa shape index (κ2) is 7.92. The molecular weight excluding hydrogens is 400 g/mol. The van der Waals surface area contributed by atoms with Crippen LogP contribution in [0.3, 0.4) is 0 Å². The number of nitro benzene ring substituents is 1. The van der Waals surface area contributed by atoms with Crippen LogP contribution < -0.4 is 0 Å². The van der Waals surface area contributed by atoms with Crippen LogP contribution in [0.2, 0.25) is 0 Å². The number of ether oxygens (including phenoxy) is 1. The monoisotopic (exact) mass is 416 g/mol. The van der Waals surface area contributed by atoms with Gasteiger partial charge >= 0.3 is 5.97 Å². The molecule has 1 aromatic heterocycles. The fourth-order valence-electron chi connectivity index (χ4n) is 2.76. The van der Waals surface area contributed by atoms with E-state index in [0.29, 0.717) is 34.4 Å². The third kappa shape index (κ3) is 3.92. The van der Waals surface area contributed by atoms with Gasteiger partial charge in [-0.05, 0) is 37.7 Å². The summed E-state index contributed by atoms with van der Waals surface area (Å²) in [5, 5.41) is 10.5. The highest BCUT2D eigenvalue weighted by atomic mass is 32.2. The number of imide groups is 1. The van der Waals surface area contributed by atoms with Gasteiger partial charge in [0.1, 0.15) is 17.6 Å². The van der Waals surface area contributed by atoms with Crippen LogP contribution in [-0.4, -0.2) is 40.1 Å². The van der Waals surface area contributed by atoms with E-state index >= 15 is 0 Å². The zero-order valence-electron chi connectivity index (χ0n) is 15.7. The molecule has 1 aromatic carbocycles. The van der Waals surface area contributed by atoms with E-state index in [1.54, 1.807) is 31.2 Å². The van der Waals surface area contributed by atoms with E-state index in [2.05, 4.69) is 4.74 Å². The SMILES string of the molecule is COC(=O)C(C)N1C(=O)S/C(=C/c2ccc(-c3ccc(C)c([N+](=O)[O-])c3)o2)C1=O. The summed E-state index contributed by atoms with van der Waals surface area (Å²) >= 11 is 0.688. The number of nitro groups is 1. The third-order valence-electron chi connectivity index (χ3n) is 4.34. The van der Waals surface area contributed by atoms with Gasteiger partial charge in [0, 0.05) is 23.3 Å². The Morgan fingerprint density at radius 3 is 2.69 bits per heavy atom. The molecule has 1 fully saturated rings. The summed E-state index contributed by atoms with van der Waals surface area (Å²) in [6, 6.07) is 6.87. The maximum absolute atomic E-state index is 12.5. The van der Waals surface area contributed by atoms with Crippen molar-refractivity contribution in [3.63, 3.8) is 0 Å². The Hall–Kier alpha value is -3.40. The van der Waals surface area contributed by atoms with Gasteiger partial charge in [-0.3, -0.25) is 24.6 Å². The van der Waals surface area contributed by atoms with Gasteiger partial charge in [0.15, 0.2) is 0 Å². The molecule has 0 saturated carbocycles. The summed E-state index contributed by atoms with van der Waals surface area (Å²) in [7, 11) is 1.17. The highest BCUT2D eigenvalue weighted by Gasteiger charge is 2.41. The minimum Gasteiger partial charge on any atom is -0.467 e. The maximum atomic E-state index is 12.5. The van der Waals surface area contributed by atoms with Crippen LogP contribution in [0.1, 0.15) is 18.2 Å². The van der Waals surface area contributed by atoms with Gasteiger partial charge in [-0.25, -0.2) is 4.79 Å². The van der Waals surface area contributed by atoms with Crippen LogP contribution in [0.4, 0.5) is 10.5 Å². The maximum Gasteiger partial charge on any atom is 0.328 e. The van der Waals surface area contributed by atoms with Crippen LogP contribution in [0.5, 0.6) is 0 Å². The number of carbonyl (C=O) groups excluding carboxylic acids is 3. The zero-order chi connectivity index (χ0) is 21.3. The van der Waals surface area contributed by atoms with E-state index in [1.165, 1.54) is 26.2 Å². The second-order valence-electron chi connectivity index (χ2n) is 6.21. The van der Waals surface area contributed by atoms with E-state index in [0.717, 1.165) is 4.90 Å². The average molecular weight is 416 g/mol. The van der Waals surface area contributed by atoms with Gasteiger partial charge in [0.2, 0.25) is 0 Å². The average Bonchev–Trinajstić information content (AvgIpc) is 3.25. The number of aryl methyl sites for hydroxylation is 1. The number of amides is 2. The van der Waals surface area contributed by atoms with Gasteiger partial charge in [0.25, 0.3) is 16.8 Å². The normalized spacial score (nSPS) is 16.4. The molecule has 2 aromatic rings. The Morgan fingerprint density at radius 1 is 1.31 bits per heavy atom. The van der Waals surface area contributed by atoms with E-state index in [9.17, 15) is 24.5 Å². The number of hydrogen-bond acceptors (Lipinski definition) is 8. The fraction of sp³-hybridized carbons (Fsp3) is 0.211. The molecule has 1 aliphatic rings. The smallest absolute Gasteiger partial charge is 0.328 e. The molecule has 0 bridgehead atoms. The van der Waals surface area contributed by atoms with Crippen molar-refractivity contribution in [2.24, 2.45) is 0 Å². The summed E-state index contributed by atoms with van der Waals surface area (Å²) in [5.74, 6) is -0.655. The van der Waals surface area contributed by atoms with Crippen molar-refractivity contribution >= 4 is 40.6 Å². The highest BCUT2D eigenvalue weighted by Crippen LogP contribution is 2.35. The summed E-state index contributed by atoms with van der Waals surface area (Å²) in [6.07, 6.45) is 1.39. The zero-order valence-corrected chi connectivity index (χ0v) is 16.5. The first kappa shape index (κ1) is 20.3. The summed E-state index contributed by atoms with van der Waals surface area (Å²) in [5.41, 5.74) is 1.01. The Labute approximate surface area is 169 Å². The molecule has 2 amide bonds. The van der Waals surface area contributed by atoms with E-state index in [-0.39, 0.29) is 10.6 Å². The van der Waals surface area contributed by atoms with E-state index in [1.807, 2.05) is 0 Å². The van der Waals surface area contributed by atoms with Crippen molar-refractivity contribution in [1.82, 2.24) is 4.90 Å². The predicted octanol–water partition coefficient (Wildman–Crippen LogP) is 3.76. The number of rotatable bonds is 5. The molecule has 1 atom stereocenters. The largest absolute Gasteiger partial charge is 0.467 e. The first-order valence-electron chi connectivity index (χ1n) is 8.43. The van der Waals surface area contributed by atoms with Gasteiger partial charge < -0.3 is 9.15 Å². The Bertz CT molecular complexity index is 1060. The number of hydrogen-bond donors (Lipinski definition) is 0. The Balaban J connectivity index is 1.87. The molecule has 1 unspecified atom stereocenters.